The number of amides is 1. The van der Waals surface area contributed by atoms with Gasteiger partial charge in [-0.2, -0.15) is 0 Å². The number of carbonyl (C=O) groups is 1. The molecule has 1 aromatic heterocycles. The van der Waals surface area contributed by atoms with E-state index in [1.807, 2.05) is 0 Å². The van der Waals surface area contributed by atoms with E-state index in [-0.39, 0.29) is 23.7 Å². The van der Waals surface area contributed by atoms with Gasteiger partial charge in [-0.1, -0.05) is 5.16 Å². The Balaban J connectivity index is 1.72. The first-order valence-corrected chi connectivity index (χ1v) is 6.90. The molecule has 2 aromatic rings. The largest absolute Gasteiger partial charge is 0.378 e. The van der Waals surface area contributed by atoms with Crippen LogP contribution in [0.1, 0.15) is 5.69 Å². The maximum Gasteiger partial charge on any atom is 0.228 e. The van der Waals surface area contributed by atoms with E-state index >= 15 is 0 Å². The molecule has 0 atom stereocenters. The molecular weight excluding hydrogens is 294 g/mol. The summed E-state index contributed by atoms with van der Waals surface area (Å²) in [5.74, 6) is -1.31. The van der Waals surface area contributed by atoms with Crippen molar-refractivity contribution in [3.05, 3.63) is 41.6 Å². The number of benzene rings is 1. The number of aromatic nitrogens is 1. The lowest BCUT2D eigenvalue weighted by molar-refractivity contribution is -0.134. The molecule has 1 amide bonds. The summed E-state index contributed by atoms with van der Waals surface area (Å²) < 4.78 is 36.8. The molecule has 7 heteroatoms. The van der Waals surface area contributed by atoms with Crippen LogP contribution < -0.4 is 0 Å². The summed E-state index contributed by atoms with van der Waals surface area (Å²) in [5.41, 5.74) is 0.522. The van der Waals surface area contributed by atoms with Crippen LogP contribution in [0.4, 0.5) is 8.78 Å². The van der Waals surface area contributed by atoms with Gasteiger partial charge in [0, 0.05) is 25.2 Å². The van der Waals surface area contributed by atoms with E-state index in [0.717, 1.165) is 12.1 Å². The lowest BCUT2D eigenvalue weighted by Crippen LogP contribution is -2.41. The minimum atomic E-state index is -0.734. The van der Waals surface area contributed by atoms with Gasteiger partial charge in [-0.3, -0.25) is 4.79 Å². The van der Waals surface area contributed by atoms with Crippen LogP contribution in [0.3, 0.4) is 0 Å². The van der Waals surface area contributed by atoms with Crippen molar-refractivity contribution in [3.8, 4) is 11.3 Å². The van der Waals surface area contributed by atoms with E-state index in [9.17, 15) is 13.6 Å². The second-order valence-corrected chi connectivity index (χ2v) is 4.98. The van der Waals surface area contributed by atoms with Crippen molar-refractivity contribution < 1.29 is 22.8 Å². The molecule has 1 aromatic carbocycles. The SMILES string of the molecule is O=C(Cc1cc(-c2ccc(F)cc2F)on1)N1CCOCC1. The monoisotopic (exact) mass is 308 g/mol. The number of hydrogen-bond acceptors (Lipinski definition) is 4. The molecule has 5 nitrogen and oxygen atoms in total. The molecule has 3 rings (SSSR count). The number of rotatable bonds is 3. The Kier molecular flexibility index (Phi) is 4.15. The maximum atomic E-state index is 13.7. The lowest BCUT2D eigenvalue weighted by atomic mass is 10.1. The molecule has 1 fully saturated rings. The normalized spacial score (nSPS) is 15.1. The zero-order valence-corrected chi connectivity index (χ0v) is 11.7. The van der Waals surface area contributed by atoms with Gasteiger partial charge < -0.3 is 14.2 Å². The topological polar surface area (TPSA) is 55.6 Å². The Morgan fingerprint density at radius 2 is 2.00 bits per heavy atom. The summed E-state index contributed by atoms with van der Waals surface area (Å²) in [7, 11) is 0. The first-order chi connectivity index (χ1) is 10.6. The minimum Gasteiger partial charge on any atom is -0.378 e. The number of nitrogens with zero attached hydrogens (tertiary/aromatic N) is 2. The number of ether oxygens (including phenoxy) is 1. The predicted molar refractivity (Wildman–Crippen MR) is 73.0 cm³/mol. The molecule has 0 radical (unpaired) electrons. The van der Waals surface area contributed by atoms with Gasteiger partial charge in [0.05, 0.1) is 30.9 Å². The van der Waals surface area contributed by atoms with E-state index in [2.05, 4.69) is 5.16 Å². The fourth-order valence-corrected chi connectivity index (χ4v) is 2.29. The van der Waals surface area contributed by atoms with Gasteiger partial charge >= 0.3 is 0 Å². The van der Waals surface area contributed by atoms with E-state index in [1.165, 1.54) is 12.1 Å². The van der Waals surface area contributed by atoms with Crippen LogP contribution in [0.25, 0.3) is 11.3 Å². The standard InChI is InChI=1S/C15H14F2N2O3/c16-10-1-2-12(13(17)7-10)14-8-11(18-22-14)9-15(20)19-3-5-21-6-4-19/h1-2,7-8H,3-6,9H2. The highest BCUT2D eigenvalue weighted by Crippen LogP contribution is 2.24. The second kappa shape index (κ2) is 6.23. The number of morpholine rings is 1. The average Bonchev–Trinajstić information content (AvgIpc) is 2.96. The molecule has 0 bridgehead atoms. The van der Waals surface area contributed by atoms with Crippen LogP contribution >= 0.6 is 0 Å². The fraction of sp³-hybridized carbons (Fsp3) is 0.333. The number of carbonyl (C=O) groups excluding carboxylic acids is 1. The average molecular weight is 308 g/mol. The summed E-state index contributed by atoms with van der Waals surface area (Å²) in [6.07, 6.45) is 0.0757. The van der Waals surface area contributed by atoms with Gasteiger partial charge in [0.2, 0.25) is 5.91 Å². The Hall–Kier alpha value is -2.28. The number of hydrogen-bond donors (Lipinski definition) is 0. The molecule has 0 N–H and O–H groups in total. The first kappa shape index (κ1) is 14.6. The third kappa shape index (κ3) is 3.14. The van der Waals surface area contributed by atoms with Crippen LogP contribution in [0.5, 0.6) is 0 Å². The van der Waals surface area contributed by atoms with Gasteiger partial charge in [0.25, 0.3) is 0 Å². The molecule has 22 heavy (non-hydrogen) atoms. The van der Waals surface area contributed by atoms with Gasteiger partial charge in [-0.15, -0.1) is 0 Å². The molecule has 1 aliphatic rings. The van der Waals surface area contributed by atoms with Crippen molar-refractivity contribution >= 4 is 5.91 Å². The van der Waals surface area contributed by atoms with Crippen molar-refractivity contribution in [2.45, 2.75) is 6.42 Å². The zero-order valence-electron chi connectivity index (χ0n) is 11.7. The molecule has 0 unspecified atom stereocenters. The highest BCUT2D eigenvalue weighted by molar-refractivity contribution is 5.78. The summed E-state index contributed by atoms with van der Waals surface area (Å²) >= 11 is 0. The predicted octanol–water partition coefficient (Wildman–Crippen LogP) is 2.02. The quantitative estimate of drug-likeness (QED) is 0.870. The van der Waals surface area contributed by atoms with Crippen LogP contribution in [-0.4, -0.2) is 42.3 Å². The molecule has 1 saturated heterocycles. The minimum absolute atomic E-state index is 0.0757. The van der Waals surface area contributed by atoms with Gasteiger partial charge in [-0.05, 0) is 12.1 Å². The smallest absolute Gasteiger partial charge is 0.228 e. The Morgan fingerprint density at radius 1 is 1.23 bits per heavy atom. The highest BCUT2D eigenvalue weighted by atomic mass is 19.1. The van der Waals surface area contributed by atoms with E-state index in [0.29, 0.717) is 32.0 Å². The second-order valence-electron chi connectivity index (χ2n) is 4.98. The number of halogens is 2. The van der Waals surface area contributed by atoms with E-state index in [1.54, 1.807) is 4.90 Å². The Labute approximate surface area is 125 Å². The molecule has 0 aliphatic carbocycles. The van der Waals surface area contributed by atoms with Crippen LogP contribution in [0.15, 0.2) is 28.8 Å². The van der Waals surface area contributed by atoms with Crippen molar-refractivity contribution in [1.29, 1.82) is 0 Å². The maximum absolute atomic E-state index is 13.7. The summed E-state index contributed by atoms with van der Waals surface area (Å²) in [6.45, 7) is 2.15. The van der Waals surface area contributed by atoms with Crippen molar-refractivity contribution in [2.24, 2.45) is 0 Å². The summed E-state index contributed by atoms with van der Waals surface area (Å²) in [4.78, 5) is 13.8. The summed E-state index contributed by atoms with van der Waals surface area (Å²) in [5, 5.41) is 3.78. The van der Waals surface area contributed by atoms with Crippen molar-refractivity contribution in [3.63, 3.8) is 0 Å². The molecular formula is C15H14F2N2O3. The zero-order chi connectivity index (χ0) is 15.5. The first-order valence-electron chi connectivity index (χ1n) is 6.90. The molecule has 1 aliphatic heterocycles. The Bertz CT molecular complexity index is 681. The fourth-order valence-electron chi connectivity index (χ4n) is 2.29. The lowest BCUT2D eigenvalue weighted by Gasteiger charge is -2.26. The van der Waals surface area contributed by atoms with Gasteiger partial charge in [-0.25, -0.2) is 8.78 Å². The van der Waals surface area contributed by atoms with Crippen LogP contribution in [0, 0.1) is 11.6 Å². The van der Waals surface area contributed by atoms with Gasteiger partial charge in [0.1, 0.15) is 11.6 Å². The van der Waals surface area contributed by atoms with E-state index in [4.69, 9.17) is 9.26 Å². The third-order valence-electron chi connectivity index (χ3n) is 3.45. The molecule has 0 spiro atoms. The third-order valence-corrected chi connectivity index (χ3v) is 3.45. The van der Waals surface area contributed by atoms with Crippen LogP contribution in [0.2, 0.25) is 0 Å². The Morgan fingerprint density at radius 3 is 2.73 bits per heavy atom. The molecule has 116 valence electrons. The van der Waals surface area contributed by atoms with Crippen LogP contribution in [-0.2, 0) is 16.0 Å². The van der Waals surface area contributed by atoms with Crippen molar-refractivity contribution in [2.75, 3.05) is 26.3 Å². The van der Waals surface area contributed by atoms with Gasteiger partial charge in [0.15, 0.2) is 5.76 Å². The summed E-state index contributed by atoms with van der Waals surface area (Å²) in [6, 6.07) is 4.68. The highest BCUT2D eigenvalue weighted by Gasteiger charge is 2.19. The molecule has 0 saturated carbocycles. The van der Waals surface area contributed by atoms with Crippen molar-refractivity contribution in [1.82, 2.24) is 10.1 Å². The molecule has 2 heterocycles. The van der Waals surface area contributed by atoms with E-state index < -0.39 is 11.6 Å².